The van der Waals surface area contributed by atoms with Crippen LogP contribution in [0.4, 0.5) is 65.9 Å². The number of alkyl halides is 15. The quantitative estimate of drug-likeness (QED) is 0.340. The van der Waals surface area contributed by atoms with E-state index >= 15 is 0 Å². The zero-order chi connectivity index (χ0) is 21.8. The van der Waals surface area contributed by atoms with Gasteiger partial charge in [0.05, 0.1) is 0 Å². The van der Waals surface area contributed by atoms with Gasteiger partial charge in [-0.1, -0.05) is 12.2 Å². The molecule has 0 aliphatic carbocycles. The molecule has 0 heterocycles. The Kier molecular flexibility index (Phi) is 8.63. The van der Waals surface area contributed by atoms with Crippen molar-refractivity contribution in [1.82, 2.24) is 0 Å². The SMILES string of the molecule is C=CC(C(F)(F)F)C(F)(F)F.FC(F)(F)/C=C/C(C(F)(F)F)C(F)(F)F. The average Bonchev–Trinajstić information content (AvgIpc) is 2.19. The Hall–Kier alpha value is -1.57. The van der Waals surface area contributed by atoms with Crippen LogP contribution in [0.2, 0.25) is 0 Å². The Morgan fingerprint density at radius 2 is 0.769 bits per heavy atom. The molecule has 0 saturated carbocycles. The molecule has 0 radical (unpaired) electrons. The number of hydrogen-bond acceptors (Lipinski definition) is 0. The Morgan fingerprint density at radius 1 is 0.500 bits per heavy atom. The lowest BCUT2D eigenvalue weighted by atomic mass is 10.1. The summed E-state index contributed by atoms with van der Waals surface area (Å²) in [6.07, 6.45) is -29.6. The molecule has 0 aromatic rings. The molecule has 0 bridgehead atoms. The summed E-state index contributed by atoms with van der Waals surface area (Å²) in [7, 11) is 0. The molecule has 0 aromatic heterocycles. The first-order valence-electron chi connectivity index (χ1n) is 5.69. The van der Waals surface area contributed by atoms with Gasteiger partial charge in [-0.05, 0) is 0 Å². The van der Waals surface area contributed by atoms with Crippen LogP contribution in [0.1, 0.15) is 0 Å². The molecule has 0 rings (SSSR count). The molecule has 0 aromatic carbocycles. The van der Waals surface area contributed by atoms with Crippen LogP contribution in [0, 0.1) is 11.8 Å². The van der Waals surface area contributed by atoms with Gasteiger partial charge >= 0.3 is 30.9 Å². The highest BCUT2D eigenvalue weighted by Crippen LogP contribution is 2.41. The van der Waals surface area contributed by atoms with E-state index in [4.69, 9.17) is 0 Å². The van der Waals surface area contributed by atoms with Crippen LogP contribution >= 0.6 is 0 Å². The van der Waals surface area contributed by atoms with Gasteiger partial charge in [-0.3, -0.25) is 0 Å². The van der Waals surface area contributed by atoms with Gasteiger partial charge in [-0.25, -0.2) is 0 Å². The maximum absolute atomic E-state index is 11.7. The molecular formula is C11H7F15. The summed E-state index contributed by atoms with van der Waals surface area (Å²) in [4.78, 5) is 0. The smallest absolute Gasteiger partial charge is 0.170 e. The topological polar surface area (TPSA) is 0 Å². The van der Waals surface area contributed by atoms with E-state index in [9.17, 15) is 65.9 Å². The Labute approximate surface area is 134 Å². The van der Waals surface area contributed by atoms with E-state index in [1.807, 2.05) is 0 Å². The van der Waals surface area contributed by atoms with Gasteiger partial charge in [0.25, 0.3) is 0 Å². The molecule has 0 amide bonds. The molecule has 0 spiro atoms. The molecular weight excluding hydrogens is 417 g/mol. The zero-order valence-corrected chi connectivity index (χ0v) is 11.8. The fourth-order valence-electron chi connectivity index (χ4n) is 1.06. The number of halogens is 15. The molecule has 26 heavy (non-hydrogen) atoms. The van der Waals surface area contributed by atoms with Crippen LogP contribution in [-0.4, -0.2) is 30.9 Å². The number of hydrogen-bond donors (Lipinski definition) is 0. The third kappa shape index (κ3) is 11.1. The number of allylic oxidation sites excluding steroid dienone is 3. The third-order valence-electron chi connectivity index (χ3n) is 2.12. The van der Waals surface area contributed by atoms with Gasteiger partial charge in [-0.15, -0.1) is 6.58 Å². The van der Waals surface area contributed by atoms with Crippen molar-refractivity contribution in [1.29, 1.82) is 0 Å². The average molecular weight is 424 g/mol. The first kappa shape index (κ1) is 26.7. The minimum atomic E-state index is -5.79. The largest absolute Gasteiger partial charge is 0.409 e. The number of rotatable bonds is 2. The van der Waals surface area contributed by atoms with Crippen LogP contribution in [0.5, 0.6) is 0 Å². The van der Waals surface area contributed by atoms with Gasteiger partial charge in [-0.2, -0.15) is 65.9 Å². The van der Waals surface area contributed by atoms with Crippen LogP contribution in [-0.2, 0) is 0 Å². The summed E-state index contributed by atoms with van der Waals surface area (Å²) >= 11 is 0. The highest BCUT2D eigenvalue weighted by molar-refractivity contribution is 4.99. The van der Waals surface area contributed by atoms with E-state index in [1.54, 1.807) is 0 Å². The summed E-state index contributed by atoms with van der Waals surface area (Å²) in [6, 6.07) is 0. The molecule has 0 aliphatic rings. The maximum atomic E-state index is 11.7. The Balaban J connectivity index is 0. The molecule has 15 heteroatoms. The molecule has 156 valence electrons. The summed E-state index contributed by atoms with van der Waals surface area (Å²) < 4.78 is 173. The monoisotopic (exact) mass is 424 g/mol. The fourth-order valence-corrected chi connectivity index (χ4v) is 1.06. The van der Waals surface area contributed by atoms with Gasteiger partial charge in [0, 0.05) is 6.08 Å². The maximum Gasteiger partial charge on any atom is 0.409 e. The van der Waals surface area contributed by atoms with E-state index < -0.39 is 54.9 Å². The van der Waals surface area contributed by atoms with Crippen LogP contribution in [0.25, 0.3) is 0 Å². The first-order chi connectivity index (χ1) is 11.0. The minimum Gasteiger partial charge on any atom is -0.170 e. The minimum absolute atomic E-state index is 0.167. The molecule has 0 nitrogen and oxygen atoms in total. The van der Waals surface area contributed by atoms with Crippen molar-refractivity contribution in [3.63, 3.8) is 0 Å². The summed E-state index contributed by atoms with van der Waals surface area (Å²) in [5, 5.41) is 0. The van der Waals surface area contributed by atoms with E-state index in [1.165, 1.54) is 0 Å². The highest BCUT2D eigenvalue weighted by Gasteiger charge is 2.55. The lowest BCUT2D eigenvalue weighted by Gasteiger charge is -2.19. The lowest BCUT2D eigenvalue weighted by Crippen LogP contribution is -2.35. The van der Waals surface area contributed by atoms with Crippen LogP contribution in [0.15, 0.2) is 24.8 Å². The fraction of sp³-hybridized carbons (Fsp3) is 0.636. The lowest BCUT2D eigenvalue weighted by molar-refractivity contribution is -0.269. The van der Waals surface area contributed by atoms with E-state index in [0.29, 0.717) is 0 Å². The van der Waals surface area contributed by atoms with Gasteiger partial charge in [0.1, 0.15) is 0 Å². The van der Waals surface area contributed by atoms with Gasteiger partial charge < -0.3 is 0 Å². The summed E-state index contributed by atoms with van der Waals surface area (Å²) in [6.45, 7) is 2.45. The highest BCUT2D eigenvalue weighted by atomic mass is 19.4. The Bertz CT molecular complexity index is 424. The summed E-state index contributed by atoms with van der Waals surface area (Å²) in [5.74, 6) is -7.53. The van der Waals surface area contributed by atoms with Crippen molar-refractivity contribution < 1.29 is 65.9 Å². The molecule has 0 aliphatic heterocycles. The molecule has 0 saturated heterocycles. The van der Waals surface area contributed by atoms with Crippen molar-refractivity contribution >= 4 is 0 Å². The van der Waals surface area contributed by atoms with Crippen molar-refractivity contribution in [2.45, 2.75) is 30.9 Å². The Morgan fingerprint density at radius 3 is 0.885 bits per heavy atom. The second kappa shape index (κ2) is 8.41. The van der Waals surface area contributed by atoms with Gasteiger partial charge in [0.15, 0.2) is 11.8 Å². The molecule has 0 atom stereocenters. The molecule has 0 unspecified atom stereocenters. The van der Waals surface area contributed by atoms with Crippen LogP contribution in [0.3, 0.4) is 0 Å². The van der Waals surface area contributed by atoms with Gasteiger partial charge in [0.2, 0.25) is 0 Å². The van der Waals surface area contributed by atoms with Crippen molar-refractivity contribution in [3.05, 3.63) is 24.8 Å². The zero-order valence-electron chi connectivity index (χ0n) is 11.8. The predicted octanol–water partition coefficient (Wildman–Crippen LogP) is 6.76. The van der Waals surface area contributed by atoms with Crippen molar-refractivity contribution in [2.75, 3.05) is 0 Å². The van der Waals surface area contributed by atoms with E-state index in [-0.39, 0.29) is 6.08 Å². The molecule has 0 N–H and O–H groups in total. The van der Waals surface area contributed by atoms with E-state index in [2.05, 4.69) is 6.58 Å². The third-order valence-corrected chi connectivity index (χ3v) is 2.12. The summed E-state index contributed by atoms with van der Waals surface area (Å²) in [5.41, 5.74) is 0. The van der Waals surface area contributed by atoms with Crippen LogP contribution < -0.4 is 0 Å². The second-order valence-electron chi connectivity index (χ2n) is 4.26. The van der Waals surface area contributed by atoms with E-state index in [0.717, 1.165) is 0 Å². The first-order valence-corrected chi connectivity index (χ1v) is 5.69. The van der Waals surface area contributed by atoms with Crippen molar-refractivity contribution in [3.8, 4) is 0 Å². The predicted molar refractivity (Wildman–Crippen MR) is 56.6 cm³/mol. The van der Waals surface area contributed by atoms with Crippen molar-refractivity contribution in [2.24, 2.45) is 11.8 Å². The second-order valence-corrected chi connectivity index (χ2v) is 4.26. The standard InChI is InChI=1S/C6H3F9.C5H4F6/c7-4(8,9)2-1-3(5(10,11)12)6(13,14)15;1-2-3(4(6,7)8)5(9,10)11/h1-3H;2-3H,1H2/b2-1+;. The normalized spacial score (nSPS) is 14.7. The molecule has 0 fully saturated rings.